The molecule has 0 aliphatic rings. The van der Waals surface area contributed by atoms with Gasteiger partial charge in [0.2, 0.25) is 5.91 Å². The molecule has 0 aliphatic heterocycles. The molecule has 6 nitrogen and oxygen atoms in total. The Kier molecular flexibility index (Phi) is 8.12. The van der Waals surface area contributed by atoms with Gasteiger partial charge in [0.05, 0.1) is 18.6 Å². The molecule has 0 saturated heterocycles. The SMILES string of the molecule is CCS(=O)(=O)Oc1cccc(CN(Cc2ccco2)C(=O)CC(C)CC(C)(C)C)c1. The molecule has 7 heteroatoms. The maximum absolute atomic E-state index is 13.1. The molecular weight excluding hydrogens is 402 g/mol. The van der Waals surface area contributed by atoms with Gasteiger partial charge in [-0.1, -0.05) is 39.8 Å². The number of nitrogens with zero attached hydrogens (tertiary/aromatic N) is 1. The largest absolute Gasteiger partial charge is 0.467 e. The Labute approximate surface area is 180 Å². The number of hydrogen-bond donors (Lipinski definition) is 0. The summed E-state index contributed by atoms with van der Waals surface area (Å²) in [5.41, 5.74) is 0.948. The highest BCUT2D eigenvalue weighted by Gasteiger charge is 2.22. The van der Waals surface area contributed by atoms with Crippen LogP contribution in [0.15, 0.2) is 47.1 Å². The molecule has 0 bridgehead atoms. The standard InChI is InChI=1S/C23H33NO5S/c1-6-30(26,27)29-20-10-7-9-19(14-20)16-24(17-21-11-8-12-28-21)22(25)13-18(2)15-23(3,4)5/h7-12,14,18H,6,13,15-17H2,1-5H3. The smallest absolute Gasteiger partial charge is 0.308 e. The van der Waals surface area contributed by atoms with Crippen molar-refractivity contribution in [3.05, 3.63) is 54.0 Å². The molecule has 2 aromatic rings. The quantitative estimate of drug-likeness (QED) is 0.491. The predicted octanol–water partition coefficient (Wildman–Crippen LogP) is 5.00. The molecule has 1 atom stereocenters. The van der Waals surface area contributed by atoms with Crippen molar-refractivity contribution >= 4 is 16.0 Å². The lowest BCUT2D eigenvalue weighted by Gasteiger charge is -2.27. The van der Waals surface area contributed by atoms with Crippen molar-refractivity contribution in [3.63, 3.8) is 0 Å². The first kappa shape index (κ1) is 24.0. The van der Waals surface area contributed by atoms with E-state index in [0.717, 1.165) is 12.0 Å². The van der Waals surface area contributed by atoms with Crippen molar-refractivity contribution in [1.29, 1.82) is 0 Å². The second-order valence-corrected chi connectivity index (χ2v) is 10.8. The average Bonchev–Trinajstić information content (AvgIpc) is 3.12. The Bertz CT molecular complexity index is 913. The van der Waals surface area contributed by atoms with Crippen LogP contribution in [0.2, 0.25) is 0 Å². The number of furan rings is 1. The highest BCUT2D eigenvalue weighted by molar-refractivity contribution is 7.87. The van der Waals surface area contributed by atoms with E-state index in [2.05, 4.69) is 27.7 Å². The normalized spacial score (nSPS) is 13.1. The van der Waals surface area contributed by atoms with E-state index in [4.69, 9.17) is 8.60 Å². The van der Waals surface area contributed by atoms with Gasteiger partial charge in [0.1, 0.15) is 11.5 Å². The lowest BCUT2D eigenvalue weighted by molar-refractivity contribution is -0.133. The molecule has 1 amide bonds. The van der Waals surface area contributed by atoms with Gasteiger partial charge in [-0.15, -0.1) is 0 Å². The van der Waals surface area contributed by atoms with Crippen molar-refractivity contribution in [2.75, 3.05) is 5.75 Å². The summed E-state index contributed by atoms with van der Waals surface area (Å²) in [6.45, 7) is 10.8. The fourth-order valence-electron chi connectivity index (χ4n) is 3.49. The van der Waals surface area contributed by atoms with Crippen molar-refractivity contribution < 1.29 is 21.8 Å². The third kappa shape index (κ3) is 8.22. The zero-order chi connectivity index (χ0) is 22.4. The fraction of sp³-hybridized carbons (Fsp3) is 0.522. The number of benzene rings is 1. The zero-order valence-electron chi connectivity index (χ0n) is 18.6. The minimum Gasteiger partial charge on any atom is -0.467 e. The molecule has 0 N–H and O–H groups in total. The second-order valence-electron chi connectivity index (χ2n) is 8.98. The van der Waals surface area contributed by atoms with Crippen LogP contribution < -0.4 is 4.18 Å². The Balaban J connectivity index is 2.16. The highest BCUT2D eigenvalue weighted by Crippen LogP contribution is 2.27. The molecule has 0 spiro atoms. The molecule has 2 rings (SSSR count). The Morgan fingerprint density at radius 2 is 1.90 bits per heavy atom. The van der Waals surface area contributed by atoms with E-state index in [-0.39, 0.29) is 28.7 Å². The van der Waals surface area contributed by atoms with Gasteiger partial charge in [-0.25, -0.2) is 0 Å². The topological polar surface area (TPSA) is 76.8 Å². The van der Waals surface area contributed by atoms with E-state index >= 15 is 0 Å². The van der Waals surface area contributed by atoms with Crippen molar-refractivity contribution in [1.82, 2.24) is 4.90 Å². The van der Waals surface area contributed by atoms with Gasteiger partial charge < -0.3 is 13.5 Å². The maximum atomic E-state index is 13.1. The molecule has 1 aromatic carbocycles. The summed E-state index contributed by atoms with van der Waals surface area (Å²) in [5.74, 6) is 1.14. The number of carbonyl (C=O) groups excluding carboxylic acids is 1. The van der Waals surface area contributed by atoms with Crippen LogP contribution in [0.25, 0.3) is 0 Å². The van der Waals surface area contributed by atoms with E-state index in [9.17, 15) is 13.2 Å². The minimum atomic E-state index is -3.60. The summed E-state index contributed by atoms with van der Waals surface area (Å²) in [5, 5.41) is 0. The van der Waals surface area contributed by atoms with Gasteiger partial charge in [0.15, 0.2) is 0 Å². The molecule has 0 aliphatic carbocycles. The summed E-state index contributed by atoms with van der Waals surface area (Å²) >= 11 is 0. The van der Waals surface area contributed by atoms with E-state index in [0.29, 0.717) is 25.3 Å². The number of amides is 1. The van der Waals surface area contributed by atoms with E-state index in [1.165, 1.54) is 6.92 Å². The first-order valence-corrected chi connectivity index (χ1v) is 11.9. The van der Waals surface area contributed by atoms with Gasteiger partial charge >= 0.3 is 10.1 Å². The van der Waals surface area contributed by atoms with Gasteiger partial charge in [0, 0.05) is 13.0 Å². The molecule has 30 heavy (non-hydrogen) atoms. The van der Waals surface area contributed by atoms with Crippen LogP contribution in [0.1, 0.15) is 58.8 Å². The molecule has 166 valence electrons. The summed E-state index contributed by atoms with van der Waals surface area (Å²) in [6, 6.07) is 10.5. The van der Waals surface area contributed by atoms with Gasteiger partial charge in [-0.2, -0.15) is 8.42 Å². The third-order valence-corrected chi connectivity index (χ3v) is 5.77. The lowest BCUT2D eigenvalue weighted by Crippen LogP contribution is -2.31. The fourth-order valence-corrected chi connectivity index (χ4v) is 4.00. The molecule has 1 unspecified atom stereocenters. The molecule has 0 saturated carbocycles. The maximum Gasteiger partial charge on any atom is 0.308 e. The molecule has 1 heterocycles. The van der Waals surface area contributed by atoms with Crippen LogP contribution in [0.3, 0.4) is 0 Å². The second kappa shape index (κ2) is 10.2. The van der Waals surface area contributed by atoms with Gasteiger partial charge in [0.25, 0.3) is 0 Å². The summed E-state index contributed by atoms with van der Waals surface area (Å²) < 4.78 is 34.1. The summed E-state index contributed by atoms with van der Waals surface area (Å²) in [7, 11) is -3.60. The lowest BCUT2D eigenvalue weighted by atomic mass is 9.84. The van der Waals surface area contributed by atoms with Gasteiger partial charge in [-0.3, -0.25) is 4.79 Å². The van der Waals surface area contributed by atoms with Crippen molar-refractivity contribution in [3.8, 4) is 5.75 Å². The van der Waals surface area contributed by atoms with Crippen molar-refractivity contribution in [2.45, 2.75) is 60.5 Å². The van der Waals surface area contributed by atoms with Crippen LogP contribution in [0.4, 0.5) is 0 Å². The van der Waals surface area contributed by atoms with E-state index < -0.39 is 10.1 Å². The molecular formula is C23H33NO5S. The first-order valence-electron chi connectivity index (χ1n) is 10.3. The molecule has 0 radical (unpaired) electrons. The third-order valence-electron chi connectivity index (χ3n) is 4.61. The minimum absolute atomic E-state index is 0.0376. The summed E-state index contributed by atoms with van der Waals surface area (Å²) in [6.07, 6.45) is 2.98. The molecule has 1 aromatic heterocycles. The average molecular weight is 436 g/mol. The summed E-state index contributed by atoms with van der Waals surface area (Å²) in [4.78, 5) is 14.8. The molecule has 0 fully saturated rings. The van der Waals surface area contributed by atoms with Crippen LogP contribution in [-0.4, -0.2) is 25.0 Å². The van der Waals surface area contributed by atoms with Crippen LogP contribution in [0.5, 0.6) is 5.75 Å². The van der Waals surface area contributed by atoms with Crippen LogP contribution in [-0.2, 0) is 28.0 Å². The van der Waals surface area contributed by atoms with E-state index in [1.54, 1.807) is 35.4 Å². The number of hydrogen-bond acceptors (Lipinski definition) is 5. The number of carbonyl (C=O) groups is 1. The van der Waals surface area contributed by atoms with E-state index in [1.807, 2.05) is 12.1 Å². The monoisotopic (exact) mass is 435 g/mol. The number of rotatable bonds is 10. The highest BCUT2D eigenvalue weighted by atomic mass is 32.2. The zero-order valence-corrected chi connectivity index (χ0v) is 19.4. The Morgan fingerprint density at radius 1 is 1.17 bits per heavy atom. The van der Waals surface area contributed by atoms with Crippen molar-refractivity contribution in [2.24, 2.45) is 11.3 Å². The van der Waals surface area contributed by atoms with Crippen LogP contribution in [0, 0.1) is 11.3 Å². The Hall–Kier alpha value is -2.28. The Morgan fingerprint density at radius 3 is 2.50 bits per heavy atom. The van der Waals surface area contributed by atoms with Crippen LogP contribution >= 0.6 is 0 Å². The van der Waals surface area contributed by atoms with Gasteiger partial charge in [-0.05, 0) is 54.5 Å². The first-order chi connectivity index (χ1) is 14.0. The predicted molar refractivity (Wildman–Crippen MR) is 117 cm³/mol.